The molecular formula is C25H24N4O2. The van der Waals surface area contributed by atoms with Crippen LogP contribution in [0.25, 0.3) is 16.6 Å². The van der Waals surface area contributed by atoms with E-state index in [1.807, 2.05) is 86.0 Å². The van der Waals surface area contributed by atoms with Gasteiger partial charge < -0.3 is 10.6 Å². The lowest BCUT2D eigenvalue weighted by Gasteiger charge is -2.21. The predicted octanol–water partition coefficient (Wildman–Crippen LogP) is 4.66. The van der Waals surface area contributed by atoms with E-state index in [9.17, 15) is 9.59 Å². The van der Waals surface area contributed by atoms with Crippen molar-refractivity contribution in [1.29, 1.82) is 0 Å². The molecule has 2 N–H and O–H groups in total. The molecule has 0 spiro atoms. The Morgan fingerprint density at radius 3 is 2.23 bits per heavy atom. The normalized spacial score (nSPS) is 11.3. The molecule has 0 fully saturated rings. The number of anilines is 2. The Labute approximate surface area is 180 Å². The van der Waals surface area contributed by atoms with Gasteiger partial charge in [0.1, 0.15) is 11.5 Å². The summed E-state index contributed by atoms with van der Waals surface area (Å²) in [6.07, 6.45) is 1.47. The Balaban J connectivity index is 1.95. The van der Waals surface area contributed by atoms with E-state index < -0.39 is 5.54 Å². The summed E-state index contributed by atoms with van der Waals surface area (Å²) in [5.41, 5.74) is 2.00. The number of carbonyl (C=O) groups excluding carboxylic acids is 1. The molecule has 0 atom stereocenters. The Kier molecular flexibility index (Phi) is 5.29. The Morgan fingerprint density at radius 1 is 0.935 bits per heavy atom. The summed E-state index contributed by atoms with van der Waals surface area (Å²) < 4.78 is 1.93. The lowest BCUT2D eigenvalue weighted by atomic mass is 10.1. The maximum absolute atomic E-state index is 12.9. The highest BCUT2D eigenvalue weighted by Crippen LogP contribution is 2.25. The second kappa shape index (κ2) is 8.07. The first-order valence-electron chi connectivity index (χ1n) is 10.1. The highest BCUT2D eigenvalue weighted by molar-refractivity contribution is 5.96. The zero-order chi connectivity index (χ0) is 22.0. The van der Waals surface area contributed by atoms with Crippen LogP contribution < -0.4 is 16.1 Å². The van der Waals surface area contributed by atoms with Crippen LogP contribution in [0.2, 0.25) is 0 Å². The van der Waals surface area contributed by atoms with Gasteiger partial charge in [0.25, 0.3) is 5.91 Å². The van der Waals surface area contributed by atoms with Crippen molar-refractivity contribution in [2.45, 2.75) is 26.3 Å². The zero-order valence-electron chi connectivity index (χ0n) is 17.7. The predicted molar refractivity (Wildman–Crippen MR) is 124 cm³/mol. The number of benzene rings is 2. The molecule has 0 saturated carbocycles. The monoisotopic (exact) mass is 412 g/mol. The van der Waals surface area contributed by atoms with Gasteiger partial charge in [-0.15, -0.1) is 0 Å². The largest absolute Gasteiger partial charge is 0.346 e. The summed E-state index contributed by atoms with van der Waals surface area (Å²) in [5.74, 6) is 0.311. The number of pyridine rings is 2. The standard InChI is InChI=1S/C25H24N4O2/c1-25(2,3)28-24(31)20-14-21-19(16-26-20)22(30)15-23(27-17-10-6-4-7-11-17)29(21)18-12-8-5-9-13-18/h4-16,27H,1-3H3,(H,28,31). The van der Waals surface area contributed by atoms with Crippen molar-refractivity contribution in [1.82, 2.24) is 14.9 Å². The molecule has 31 heavy (non-hydrogen) atoms. The van der Waals surface area contributed by atoms with Gasteiger partial charge in [-0.25, -0.2) is 0 Å². The van der Waals surface area contributed by atoms with Crippen LogP contribution in [0.3, 0.4) is 0 Å². The molecule has 2 heterocycles. The van der Waals surface area contributed by atoms with Crippen molar-refractivity contribution in [3.05, 3.63) is 94.9 Å². The summed E-state index contributed by atoms with van der Waals surface area (Å²) in [6.45, 7) is 5.73. The summed E-state index contributed by atoms with van der Waals surface area (Å²) in [6, 6.07) is 22.6. The molecule has 0 unspecified atom stereocenters. The van der Waals surface area contributed by atoms with Gasteiger partial charge in [-0.3, -0.25) is 19.1 Å². The van der Waals surface area contributed by atoms with Crippen molar-refractivity contribution in [3.63, 3.8) is 0 Å². The Morgan fingerprint density at radius 2 is 1.58 bits per heavy atom. The highest BCUT2D eigenvalue weighted by Gasteiger charge is 2.19. The van der Waals surface area contributed by atoms with Gasteiger partial charge in [0.05, 0.1) is 10.9 Å². The summed E-state index contributed by atoms with van der Waals surface area (Å²) >= 11 is 0. The van der Waals surface area contributed by atoms with Crippen molar-refractivity contribution in [3.8, 4) is 5.69 Å². The third kappa shape index (κ3) is 4.48. The summed E-state index contributed by atoms with van der Waals surface area (Å²) in [7, 11) is 0. The SMILES string of the molecule is CC(C)(C)NC(=O)c1cc2c(cn1)c(=O)cc(Nc1ccccc1)n2-c1ccccc1. The van der Waals surface area contributed by atoms with Crippen molar-refractivity contribution in [2.24, 2.45) is 0 Å². The summed E-state index contributed by atoms with van der Waals surface area (Å²) in [4.78, 5) is 29.9. The number of rotatable bonds is 4. The van der Waals surface area contributed by atoms with E-state index in [4.69, 9.17) is 0 Å². The molecule has 0 saturated heterocycles. The molecule has 6 heteroatoms. The zero-order valence-corrected chi connectivity index (χ0v) is 17.7. The minimum Gasteiger partial charge on any atom is -0.346 e. The second-order valence-corrected chi connectivity index (χ2v) is 8.35. The molecule has 0 radical (unpaired) electrons. The fourth-order valence-electron chi connectivity index (χ4n) is 3.36. The number of nitrogens with zero attached hydrogens (tertiary/aromatic N) is 2. The van der Waals surface area contributed by atoms with E-state index in [2.05, 4.69) is 15.6 Å². The molecule has 0 aliphatic rings. The van der Waals surface area contributed by atoms with E-state index in [1.165, 1.54) is 6.20 Å². The van der Waals surface area contributed by atoms with Gasteiger partial charge in [-0.05, 0) is 51.1 Å². The van der Waals surface area contributed by atoms with Crippen molar-refractivity contribution < 1.29 is 4.79 Å². The molecule has 156 valence electrons. The average Bonchev–Trinajstić information content (AvgIpc) is 2.74. The molecule has 0 aliphatic heterocycles. The number of carbonyl (C=O) groups is 1. The molecule has 0 bridgehead atoms. The maximum atomic E-state index is 12.9. The van der Waals surface area contributed by atoms with Crippen LogP contribution in [-0.4, -0.2) is 21.0 Å². The first-order chi connectivity index (χ1) is 14.8. The minimum absolute atomic E-state index is 0.170. The van der Waals surface area contributed by atoms with E-state index in [-0.39, 0.29) is 17.0 Å². The lowest BCUT2D eigenvalue weighted by molar-refractivity contribution is 0.0914. The molecule has 6 nitrogen and oxygen atoms in total. The number of hydrogen-bond donors (Lipinski definition) is 2. The van der Waals surface area contributed by atoms with Crippen LogP contribution in [0, 0.1) is 0 Å². The van der Waals surface area contributed by atoms with Gasteiger partial charge in [0.15, 0.2) is 5.43 Å². The first-order valence-corrected chi connectivity index (χ1v) is 10.1. The third-order valence-electron chi connectivity index (χ3n) is 4.68. The van der Waals surface area contributed by atoms with Gasteiger partial charge in [0, 0.05) is 29.2 Å². The van der Waals surface area contributed by atoms with Crippen LogP contribution in [0.1, 0.15) is 31.3 Å². The fraction of sp³-hybridized carbons (Fsp3) is 0.160. The van der Waals surface area contributed by atoms with Crippen LogP contribution in [0.5, 0.6) is 0 Å². The Bertz CT molecular complexity index is 1290. The maximum Gasteiger partial charge on any atom is 0.270 e. The van der Waals surface area contributed by atoms with E-state index in [1.54, 1.807) is 12.1 Å². The van der Waals surface area contributed by atoms with Crippen molar-refractivity contribution in [2.75, 3.05) is 5.32 Å². The lowest BCUT2D eigenvalue weighted by Crippen LogP contribution is -2.41. The average molecular weight is 412 g/mol. The molecular weight excluding hydrogens is 388 g/mol. The van der Waals surface area contributed by atoms with Gasteiger partial charge in [0.2, 0.25) is 0 Å². The van der Waals surface area contributed by atoms with Gasteiger partial charge in [-0.2, -0.15) is 0 Å². The van der Waals surface area contributed by atoms with E-state index >= 15 is 0 Å². The topological polar surface area (TPSA) is 76.0 Å². The minimum atomic E-state index is -0.399. The van der Waals surface area contributed by atoms with E-state index in [0.29, 0.717) is 16.7 Å². The number of para-hydroxylation sites is 2. The van der Waals surface area contributed by atoms with Crippen LogP contribution >= 0.6 is 0 Å². The van der Waals surface area contributed by atoms with Crippen LogP contribution in [0.4, 0.5) is 11.5 Å². The first kappa shape index (κ1) is 20.3. The van der Waals surface area contributed by atoms with E-state index in [0.717, 1.165) is 11.4 Å². The number of nitrogens with one attached hydrogen (secondary N) is 2. The van der Waals surface area contributed by atoms with Crippen LogP contribution in [0.15, 0.2) is 83.8 Å². The fourth-order valence-corrected chi connectivity index (χ4v) is 3.36. The molecule has 0 aliphatic carbocycles. The van der Waals surface area contributed by atoms with Crippen LogP contribution in [-0.2, 0) is 0 Å². The van der Waals surface area contributed by atoms with Gasteiger partial charge >= 0.3 is 0 Å². The third-order valence-corrected chi connectivity index (χ3v) is 4.68. The van der Waals surface area contributed by atoms with Gasteiger partial charge in [-0.1, -0.05) is 36.4 Å². The van der Waals surface area contributed by atoms with Crippen molar-refractivity contribution >= 4 is 28.3 Å². The molecule has 1 amide bonds. The molecule has 4 aromatic rings. The second-order valence-electron chi connectivity index (χ2n) is 8.35. The smallest absolute Gasteiger partial charge is 0.270 e. The number of hydrogen-bond acceptors (Lipinski definition) is 4. The molecule has 2 aromatic heterocycles. The number of fused-ring (bicyclic) bond motifs is 1. The quantitative estimate of drug-likeness (QED) is 0.511. The Hall–Kier alpha value is -3.93. The number of aromatic nitrogens is 2. The molecule has 4 rings (SSSR count). The summed E-state index contributed by atoms with van der Waals surface area (Å²) in [5, 5.41) is 6.70. The molecule has 2 aromatic carbocycles. The highest BCUT2D eigenvalue weighted by atomic mass is 16.2. The number of amides is 1.